The molecule has 1 saturated carbocycles. The van der Waals surface area contributed by atoms with Gasteiger partial charge in [0, 0.05) is 19.7 Å². The molecule has 0 aromatic carbocycles. The summed E-state index contributed by atoms with van der Waals surface area (Å²) in [5.74, 6) is -1.04. The molecule has 6 nitrogen and oxygen atoms in total. The fourth-order valence-corrected chi connectivity index (χ4v) is 3.42. The highest BCUT2D eigenvalue weighted by molar-refractivity contribution is 5.92. The summed E-state index contributed by atoms with van der Waals surface area (Å²) in [5.41, 5.74) is 1.10. The lowest BCUT2D eigenvalue weighted by Gasteiger charge is -2.36. The molecular formula is C17H26N2O4. The first-order chi connectivity index (χ1) is 10.9. The van der Waals surface area contributed by atoms with Gasteiger partial charge in [0.2, 0.25) is 11.8 Å². The number of hydrogen-bond acceptors (Lipinski definition) is 3. The molecule has 0 radical (unpaired) electrons. The SMILES string of the molecule is CNC(=O)[C@H]1CC[C@@H](C(=O)O)N(C(=O)C=C2CCC(C)CC2)C1. The van der Waals surface area contributed by atoms with E-state index >= 15 is 0 Å². The number of nitrogens with zero attached hydrogens (tertiary/aromatic N) is 1. The Morgan fingerprint density at radius 1 is 1.17 bits per heavy atom. The summed E-state index contributed by atoms with van der Waals surface area (Å²) in [5, 5.41) is 11.9. The monoisotopic (exact) mass is 322 g/mol. The van der Waals surface area contributed by atoms with Crippen LogP contribution in [0.3, 0.4) is 0 Å². The number of piperidine rings is 1. The average molecular weight is 322 g/mol. The molecule has 2 fully saturated rings. The van der Waals surface area contributed by atoms with Gasteiger partial charge in [-0.1, -0.05) is 12.5 Å². The molecule has 0 bridgehead atoms. The Morgan fingerprint density at radius 3 is 2.39 bits per heavy atom. The maximum Gasteiger partial charge on any atom is 0.326 e. The summed E-state index contributed by atoms with van der Waals surface area (Å²) in [4.78, 5) is 37.2. The van der Waals surface area contributed by atoms with E-state index in [1.165, 1.54) is 4.90 Å². The van der Waals surface area contributed by atoms with Gasteiger partial charge in [-0.2, -0.15) is 0 Å². The van der Waals surface area contributed by atoms with Crippen LogP contribution >= 0.6 is 0 Å². The van der Waals surface area contributed by atoms with Gasteiger partial charge in [0.05, 0.1) is 5.92 Å². The van der Waals surface area contributed by atoms with Crippen molar-refractivity contribution >= 4 is 17.8 Å². The Labute approximate surface area is 136 Å². The van der Waals surface area contributed by atoms with E-state index in [0.717, 1.165) is 31.3 Å². The lowest BCUT2D eigenvalue weighted by Crippen LogP contribution is -2.52. The summed E-state index contributed by atoms with van der Waals surface area (Å²) in [7, 11) is 1.56. The van der Waals surface area contributed by atoms with Crippen LogP contribution in [0.2, 0.25) is 0 Å². The van der Waals surface area contributed by atoms with Crippen molar-refractivity contribution < 1.29 is 19.5 Å². The van der Waals surface area contributed by atoms with Gasteiger partial charge in [-0.15, -0.1) is 0 Å². The zero-order valence-corrected chi connectivity index (χ0v) is 13.9. The highest BCUT2D eigenvalue weighted by Gasteiger charge is 2.37. The van der Waals surface area contributed by atoms with Gasteiger partial charge in [-0.05, 0) is 44.4 Å². The van der Waals surface area contributed by atoms with Crippen LogP contribution in [0, 0.1) is 11.8 Å². The second-order valence-electron chi connectivity index (χ2n) is 6.72. The molecule has 2 aliphatic rings. The quantitative estimate of drug-likeness (QED) is 0.772. The van der Waals surface area contributed by atoms with Gasteiger partial charge >= 0.3 is 5.97 Å². The van der Waals surface area contributed by atoms with E-state index in [1.54, 1.807) is 13.1 Å². The molecular weight excluding hydrogens is 296 g/mol. The summed E-state index contributed by atoms with van der Waals surface area (Å²) < 4.78 is 0. The van der Waals surface area contributed by atoms with Crippen LogP contribution in [0.15, 0.2) is 11.6 Å². The van der Waals surface area contributed by atoms with E-state index in [-0.39, 0.29) is 24.3 Å². The second-order valence-corrected chi connectivity index (χ2v) is 6.72. The van der Waals surface area contributed by atoms with Crippen LogP contribution in [0.5, 0.6) is 0 Å². The van der Waals surface area contributed by atoms with E-state index in [4.69, 9.17) is 0 Å². The number of amides is 2. The van der Waals surface area contributed by atoms with Crippen LogP contribution in [-0.4, -0.2) is 47.4 Å². The zero-order chi connectivity index (χ0) is 17.0. The minimum absolute atomic E-state index is 0.134. The first-order valence-corrected chi connectivity index (χ1v) is 8.36. The number of carbonyl (C=O) groups excluding carboxylic acids is 2. The van der Waals surface area contributed by atoms with E-state index in [9.17, 15) is 19.5 Å². The third-order valence-corrected chi connectivity index (χ3v) is 5.01. The second kappa shape index (κ2) is 7.62. The smallest absolute Gasteiger partial charge is 0.326 e. The van der Waals surface area contributed by atoms with Gasteiger partial charge in [-0.3, -0.25) is 9.59 Å². The summed E-state index contributed by atoms with van der Waals surface area (Å²) in [6.45, 7) is 2.38. The molecule has 0 aromatic heterocycles. The highest BCUT2D eigenvalue weighted by atomic mass is 16.4. The minimum Gasteiger partial charge on any atom is -0.480 e. The van der Waals surface area contributed by atoms with E-state index in [0.29, 0.717) is 18.8 Å². The standard InChI is InChI=1S/C17H26N2O4/c1-11-3-5-12(6-4-11)9-15(20)19-10-13(16(21)18-2)7-8-14(19)17(22)23/h9,11,13-14H,3-8,10H2,1-2H3,(H,18,21)(H,22,23)/t11?,13-,14-/m0/s1. The van der Waals surface area contributed by atoms with E-state index in [1.807, 2.05) is 0 Å². The number of carboxylic acids is 1. The number of allylic oxidation sites excluding steroid dienone is 1. The van der Waals surface area contributed by atoms with Crippen LogP contribution < -0.4 is 5.32 Å². The van der Waals surface area contributed by atoms with Crippen LogP contribution in [0.4, 0.5) is 0 Å². The molecule has 0 spiro atoms. The number of carboxylic acid groups (broad SMARTS) is 1. The highest BCUT2D eigenvalue weighted by Crippen LogP contribution is 2.29. The zero-order valence-electron chi connectivity index (χ0n) is 13.9. The normalized spacial score (nSPS) is 28.2. The maximum absolute atomic E-state index is 12.6. The van der Waals surface area contributed by atoms with Gasteiger partial charge in [0.25, 0.3) is 0 Å². The molecule has 2 rings (SSSR count). The molecule has 1 saturated heterocycles. The van der Waals surface area contributed by atoms with Crippen molar-refractivity contribution in [1.29, 1.82) is 0 Å². The molecule has 2 atom stereocenters. The predicted octanol–water partition coefficient (Wildman–Crippen LogP) is 1.56. The number of carbonyl (C=O) groups is 3. The Kier molecular flexibility index (Phi) is 5.80. The molecule has 2 N–H and O–H groups in total. The van der Waals surface area contributed by atoms with Crippen molar-refractivity contribution in [3.05, 3.63) is 11.6 Å². The molecule has 6 heteroatoms. The third kappa shape index (κ3) is 4.33. The predicted molar refractivity (Wildman–Crippen MR) is 85.6 cm³/mol. The number of nitrogens with one attached hydrogen (secondary N) is 1. The fourth-order valence-electron chi connectivity index (χ4n) is 3.42. The summed E-state index contributed by atoms with van der Waals surface area (Å²) in [6, 6.07) is -0.831. The molecule has 1 aliphatic heterocycles. The Bertz CT molecular complexity index is 505. The Hall–Kier alpha value is -1.85. The molecule has 0 unspecified atom stereocenters. The van der Waals surface area contributed by atoms with Gasteiger partial charge in [0.1, 0.15) is 6.04 Å². The third-order valence-electron chi connectivity index (χ3n) is 5.01. The lowest BCUT2D eigenvalue weighted by atomic mass is 9.86. The van der Waals surface area contributed by atoms with Gasteiger partial charge in [0.15, 0.2) is 0 Å². The van der Waals surface area contributed by atoms with Crippen molar-refractivity contribution in [3.8, 4) is 0 Å². The molecule has 0 aromatic rings. The molecule has 2 amide bonds. The number of hydrogen-bond donors (Lipinski definition) is 2. The van der Waals surface area contributed by atoms with Crippen molar-refractivity contribution in [2.24, 2.45) is 11.8 Å². The Balaban J connectivity index is 2.10. The van der Waals surface area contributed by atoms with Crippen LogP contribution in [0.1, 0.15) is 45.4 Å². The topological polar surface area (TPSA) is 86.7 Å². The van der Waals surface area contributed by atoms with Crippen molar-refractivity contribution in [2.75, 3.05) is 13.6 Å². The number of rotatable bonds is 3. The molecule has 1 aliphatic carbocycles. The van der Waals surface area contributed by atoms with Gasteiger partial charge in [-0.25, -0.2) is 4.79 Å². The lowest BCUT2D eigenvalue weighted by molar-refractivity contribution is -0.152. The molecule has 1 heterocycles. The molecule has 23 heavy (non-hydrogen) atoms. The molecule has 128 valence electrons. The minimum atomic E-state index is -0.996. The first-order valence-electron chi connectivity index (χ1n) is 8.36. The van der Waals surface area contributed by atoms with Crippen molar-refractivity contribution in [3.63, 3.8) is 0 Å². The van der Waals surface area contributed by atoms with E-state index in [2.05, 4.69) is 12.2 Å². The van der Waals surface area contributed by atoms with E-state index < -0.39 is 12.0 Å². The van der Waals surface area contributed by atoms with Crippen LogP contribution in [-0.2, 0) is 14.4 Å². The summed E-state index contributed by atoms with van der Waals surface area (Å²) >= 11 is 0. The van der Waals surface area contributed by atoms with Crippen LogP contribution in [0.25, 0.3) is 0 Å². The average Bonchev–Trinajstić information content (AvgIpc) is 2.55. The van der Waals surface area contributed by atoms with Crippen molar-refractivity contribution in [1.82, 2.24) is 10.2 Å². The van der Waals surface area contributed by atoms with Crippen molar-refractivity contribution in [2.45, 2.75) is 51.5 Å². The number of likely N-dealkylation sites (tertiary alicyclic amines) is 1. The first kappa shape index (κ1) is 17.5. The Morgan fingerprint density at radius 2 is 1.83 bits per heavy atom. The van der Waals surface area contributed by atoms with Gasteiger partial charge < -0.3 is 15.3 Å². The fraction of sp³-hybridized carbons (Fsp3) is 0.706. The largest absolute Gasteiger partial charge is 0.480 e. The number of aliphatic carboxylic acids is 1. The maximum atomic E-state index is 12.6. The summed E-state index contributed by atoms with van der Waals surface area (Å²) in [6.07, 6.45) is 6.36.